The predicted octanol–water partition coefficient (Wildman–Crippen LogP) is 2.33. The van der Waals surface area contributed by atoms with Crippen molar-refractivity contribution in [1.29, 1.82) is 0 Å². The number of ether oxygens (including phenoxy) is 1. The summed E-state index contributed by atoms with van der Waals surface area (Å²) in [6.45, 7) is 5.61. The first-order valence-electron chi connectivity index (χ1n) is 10.5. The Balaban J connectivity index is 1.31. The summed E-state index contributed by atoms with van der Waals surface area (Å²) in [5, 5.41) is 23.1. The summed E-state index contributed by atoms with van der Waals surface area (Å²) < 4.78 is 7.98. The number of aliphatic hydroxyl groups excluding tert-OH is 1. The normalized spacial score (nSPS) is 25.9. The van der Waals surface area contributed by atoms with Crippen LogP contribution in [0.25, 0.3) is 5.69 Å². The first-order chi connectivity index (χ1) is 14.6. The lowest BCUT2D eigenvalue weighted by atomic mass is 9.78. The van der Waals surface area contributed by atoms with Crippen LogP contribution in [0.5, 0.6) is 5.75 Å². The third-order valence-corrected chi connectivity index (χ3v) is 6.28. The number of hydrogen-bond donors (Lipinski definition) is 1. The quantitative estimate of drug-likeness (QED) is 0.711. The first-order valence-corrected chi connectivity index (χ1v) is 10.5. The molecule has 1 saturated heterocycles. The van der Waals surface area contributed by atoms with Crippen LogP contribution in [0.1, 0.15) is 24.2 Å². The second kappa shape index (κ2) is 7.68. The maximum absolute atomic E-state index is 10.8. The Hall–Kier alpha value is -3.00. The number of rotatable bonds is 4. The molecule has 8 nitrogen and oxygen atoms in total. The van der Waals surface area contributed by atoms with E-state index in [4.69, 9.17) is 4.74 Å². The van der Waals surface area contributed by atoms with Crippen molar-refractivity contribution in [2.75, 3.05) is 18.0 Å². The molecule has 2 fully saturated rings. The SMILES string of the molecule is Cc1ccc(O[C@@H]2C[C@@H]3CN(c4nnnn4-c4ccccc4)C[C@@H]3C[C@H]2O)c(C)n1. The number of para-hydroxylation sites is 1. The van der Waals surface area contributed by atoms with Crippen molar-refractivity contribution in [2.24, 2.45) is 11.8 Å². The fourth-order valence-electron chi connectivity index (χ4n) is 4.76. The van der Waals surface area contributed by atoms with Gasteiger partial charge < -0.3 is 14.7 Å². The first kappa shape index (κ1) is 19.0. The fraction of sp³-hybridized carbons (Fsp3) is 0.455. The molecular weight excluding hydrogens is 380 g/mol. The van der Waals surface area contributed by atoms with Crippen LogP contribution in [0.4, 0.5) is 5.95 Å². The van der Waals surface area contributed by atoms with Gasteiger partial charge in [-0.25, -0.2) is 0 Å². The molecule has 0 bridgehead atoms. The zero-order valence-corrected chi connectivity index (χ0v) is 17.2. The molecule has 30 heavy (non-hydrogen) atoms. The Morgan fingerprint density at radius 2 is 1.77 bits per heavy atom. The molecule has 1 N–H and O–H groups in total. The Morgan fingerprint density at radius 1 is 1.00 bits per heavy atom. The standard InChI is InChI=1S/C22H26N6O2/c1-14-8-9-20(15(2)23-14)30-21-11-17-13-27(12-16(17)10-19(21)29)22-24-25-26-28(22)18-6-4-3-5-7-18/h3-9,16-17,19,21,29H,10-13H2,1-2H3/t16-,17+,19+,21+/m0/s1. The number of aryl methyl sites for hydroxylation is 2. The van der Waals surface area contributed by atoms with Crippen LogP contribution in [0.2, 0.25) is 0 Å². The van der Waals surface area contributed by atoms with E-state index < -0.39 is 6.10 Å². The molecule has 1 aliphatic carbocycles. The van der Waals surface area contributed by atoms with E-state index in [2.05, 4.69) is 25.4 Å². The summed E-state index contributed by atoms with van der Waals surface area (Å²) in [6.07, 6.45) is 0.816. The van der Waals surface area contributed by atoms with Crippen molar-refractivity contribution >= 4 is 5.95 Å². The number of pyridine rings is 1. The molecule has 1 aromatic carbocycles. The van der Waals surface area contributed by atoms with Gasteiger partial charge in [0.1, 0.15) is 11.9 Å². The van der Waals surface area contributed by atoms with Crippen molar-refractivity contribution in [2.45, 2.75) is 38.9 Å². The van der Waals surface area contributed by atoms with Crippen LogP contribution >= 0.6 is 0 Å². The monoisotopic (exact) mass is 406 g/mol. The number of aromatic nitrogens is 5. The fourth-order valence-corrected chi connectivity index (χ4v) is 4.76. The molecule has 0 unspecified atom stereocenters. The summed E-state index contributed by atoms with van der Waals surface area (Å²) in [5.41, 5.74) is 2.77. The second-order valence-electron chi connectivity index (χ2n) is 8.38. The number of tetrazole rings is 1. The van der Waals surface area contributed by atoms with E-state index in [0.717, 1.165) is 54.7 Å². The summed E-state index contributed by atoms with van der Waals surface area (Å²) in [7, 11) is 0. The Morgan fingerprint density at radius 3 is 2.53 bits per heavy atom. The molecule has 2 aliphatic rings. The lowest BCUT2D eigenvalue weighted by Crippen LogP contribution is -2.42. The van der Waals surface area contributed by atoms with Gasteiger partial charge in [-0.05, 0) is 73.2 Å². The minimum Gasteiger partial charge on any atom is -0.486 e. The molecule has 5 rings (SSSR count). The van der Waals surface area contributed by atoms with E-state index in [1.807, 2.05) is 56.3 Å². The minimum atomic E-state index is -0.489. The van der Waals surface area contributed by atoms with Crippen LogP contribution in [0, 0.1) is 25.7 Å². The second-order valence-corrected chi connectivity index (χ2v) is 8.38. The lowest BCUT2D eigenvalue weighted by Gasteiger charge is -2.35. The highest BCUT2D eigenvalue weighted by atomic mass is 16.5. The minimum absolute atomic E-state index is 0.223. The predicted molar refractivity (Wildman–Crippen MR) is 112 cm³/mol. The van der Waals surface area contributed by atoms with Crippen molar-refractivity contribution in [3.63, 3.8) is 0 Å². The maximum atomic E-state index is 10.8. The molecule has 156 valence electrons. The molecule has 0 radical (unpaired) electrons. The zero-order valence-electron chi connectivity index (χ0n) is 17.2. The van der Waals surface area contributed by atoms with Crippen molar-refractivity contribution in [3.05, 3.63) is 53.9 Å². The topological polar surface area (TPSA) is 89.2 Å². The molecule has 0 spiro atoms. The number of anilines is 1. The molecule has 2 aromatic heterocycles. The van der Waals surface area contributed by atoms with Crippen LogP contribution in [-0.4, -0.2) is 55.6 Å². The molecule has 4 atom stereocenters. The molecule has 8 heteroatoms. The van der Waals surface area contributed by atoms with E-state index in [1.165, 1.54) is 0 Å². The smallest absolute Gasteiger partial charge is 0.250 e. The van der Waals surface area contributed by atoms with Crippen LogP contribution < -0.4 is 9.64 Å². The highest BCUT2D eigenvalue weighted by Gasteiger charge is 2.44. The molecule has 3 heterocycles. The number of aliphatic hydroxyl groups is 1. The number of hydrogen-bond acceptors (Lipinski definition) is 7. The largest absolute Gasteiger partial charge is 0.486 e. The van der Waals surface area contributed by atoms with Gasteiger partial charge in [-0.15, -0.1) is 0 Å². The van der Waals surface area contributed by atoms with E-state index in [1.54, 1.807) is 4.68 Å². The van der Waals surface area contributed by atoms with Crippen molar-refractivity contribution in [3.8, 4) is 11.4 Å². The van der Waals surface area contributed by atoms with Gasteiger partial charge in [0.2, 0.25) is 5.95 Å². The van der Waals surface area contributed by atoms with Gasteiger partial charge in [-0.1, -0.05) is 23.3 Å². The Labute approximate surface area is 175 Å². The van der Waals surface area contributed by atoms with Crippen molar-refractivity contribution < 1.29 is 9.84 Å². The van der Waals surface area contributed by atoms with Gasteiger partial charge in [0.05, 0.1) is 17.5 Å². The van der Waals surface area contributed by atoms with Crippen molar-refractivity contribution in [1.82, 2.24) is 25.2 Å². The van der Waals surface area contributed by atoms with Gasteiger partial charge >= 0.3 is 0 Å². The number of benzene rings is 1. The number of fused-ring (bicyclic) bond motifs is 1. The van der Waals surface area contributed by atoms with Gasteiger partial charge in [-0.2, -0.15) is 4.68 Å². The van der Waals surface area contributed by atoms with Gasteiger partial charge in [-0.3, -0.25) is 4.98 Å². The summed E-state index contributed by atoms with van der Waals surface area (Å²) in [5.74, 6) is 2.34. The van der Waals surface area contributed by atoms with E-state index in [0.29, 0.717) is 11.8 Å². The van der Waals surface area contributed by atoms with Crippen LogP contribution in [0.15, 0.2) is 42.5 Å². The van der Waals surface area contributed by atoms with E-state index in [9.17, 15) is 5.11 Å². The van der Waals surface area contributed by atoms with E-state index in [-0.39, 0.29) is 6.10 Å². The average molecular weight is 406 g/mol. The molecule has 1 saturated carbocycles. The Bertz CT molecular complexity index is 1020. The van der Waals surface area contributed by atoms with Gasteiger partial charge in [0, 0.05) is 18.8 Å². The number of nitrogens with zero attached hydrogens (tertiary/aromatic N) is 6. The summed E-state index contributed by atoms with van der Waals surface area (Å²) in [4.78, 5) is 6.71. The molecule has 1 aliphatic heterocycles. The molecular formula is C22H26N6O2. The third kappa shape index (κ3) is 3.52. The van der Waals surface area contributed by atoms with E-state index >= 15 is 0 Å². The lowest BCUT2D eigenvalue weighted by molar-refractivity contribution is -0.0236. The summed E-state index contributed by atoms with van der Waals surface area (Å²) >= 11 is 0. The van der Waals surface area contributed by atoms with Crippen LogP contribution in [0.3, 0.4) is 0 Å². The highest BCUT2D eigenvalue weighted by molar-refractivity contribution is 5.41. The van der Waals surface area contributed by atoms with Gasteiger partial charge in [0.15, 0.2) is 0 Å². The molecule has 3 aromatic rings. The Kier molecular flexibility index (Phi) is 4.86. The average Bonchev–Trinajstić information content (AvgIpc) is 3.37. The highest BCUT2D eigenvalue weighted by Crippen LogP contribution is 2.39. The maximum Gasteiger partial charge on any atom is 0.250 e. The van der Waals surface area contributed by atoms with Crippen LogP contribution in [-0.2, 0) is 0 Å². The molecule has 0 amide bonds. The zero-order chi connectivity index (χ0) is 20.7. The van der Waals surface area contributed by atoms with Gasteiger partial charge in [0.25, 0.3) is 0 Å². The third-order valence-electron chi connectivity index (χ3n) is 6.28. The summed E-state index contributed by atoms with van der Waals surface area (Å²) in [6, 6.07) is 13.8.